The Morgan fingerprint density at radius 1 is 1.11 bits per heavy atom. The molecule has 2 fully saturated rings. The number of benzene rings is 1. The summed E-state index contributed by atoms with van der Waals surface area (Å²) in [4.78, 5) is 5.00. The summed E-state index contributed by atoms with van der Waals surface area (Å²) >= 11 is 0. The zero-order chi connectivity index (χ0) is 20.1. The van der Waals surface area contributed by atoms with E-state index >= 15 is 0 Å². The highest BCUT2D eigenvalue weighted by atomic mass is 32.2. The van der Waals surface area contributed by atoms with Gasteiger partial charge in [-0.05, 0) is 81.5 Å². The third-order valence-corrected chi connectivity index (χ3v) is 8.41. The summed E-state index contributed by atoms with van der Waals surface area (Å²) < 4.78 is 34.1. The molecule has 0 amide bonds. The highest BCUT2D eigenvalue weighted by molar-refractivity contribution is 7.89. The van der Waals surface area contributed by atoms with Crippen molar-refractivity contribution in [3.05, 3.63) is 40.0 Å². The van der Waals surface area contributed by atoms with Crippen LogP contribution in [0.5, 0.6) is 0 Å². The smallest absolute Gasteiger partial charge is 0.243 e. The standard InChI is InChI=1S/C21H29N3O3S/c1-13-10-14(2)16(4)20(15(13)3)28(25,26)24-9-5-6-17(12-24)11-19-22-21(23-27-19)18-7-8-18/h10,17-18H,5-9,11-12H2,1-4H3/t17-/m1/s1. The molecule has 1 aliphatic carbocycles. The van der Waals surface area contributed by atoms with E-state index in [9.17, 15) is 8.42 Å². The fraction of sp³-hybridized carbons (Fsp3) is 0.619. The Hall–Kier alpha value is -1.73. The Morgan fingerprint density at radius 3 is 2.43 bits per heavy atom. The van der Waals surface area contributed by atoms with E-state index in [2.05, 4.69) is 16.2 Å². The summed E-state index contributed by atoms with van der Waals surface area (Å²) in [5.74, 6) is 2.14. The molecule has 1 aromatic carbocycles. The normalized spacial score (nSPS) is 21.2. The number of sulfonamides is 1. The van der Waals surface area contributed by atoms with E-state index in [4.69, 9.17) is 4.52 Å². The maximum atomic E-state index is 13.5. The fourth-order valence-corrected chi connectivity index (χ4v) is 6.34. The van der Waals surface area contributed by atoms with Gasteiger partial charge >= 0.3 is 0 Å². The highest BCUT2D eigenvalue weighted by Gasteiger charge is 2.34. The van der Waals surface area contributed by atoms with Crippen molar-refractivity contribution in [2.45, 2.75) is 70.6 Å². The molecule has 2 aromatic rings. The van der Waals surface area contributed by atoms with Crippen molar-refractivity contribution in [2.24, 2.45) is 5.92 Å². The average Bonchev–Trinajstić information content (AvgIpc) is 3.40. The van der Waals surface area contributed by atoms with Crippen LogP contribution >= 0.6 is 0 Å². The minimum Gasteiger partial charge on any atom is -0.339 e. The first-order valence-corrected chi connectivity index (χ1v) is 11.6. The summed E-state index contributed by atoms with van der Waals surface area (Å²) in [6, 6.07) is 2.07. The zero-order valence-electron chi connectivity index (χ0n) is 17.2. The molecule has 4 rings (SSSR count). The van der Waals surface area contributed by atoms with Crippen LogP contribution in [0.15, 0.2) is 15.5 Å². The molecule has 0 unspecified atom stereocenters. The van der Waals surface area contributed by atoms with E-state index < -0.39 is 10.0 Å². The molecule has 1 aromatic heterocycles. The number of aryl methyl sites for hydroxylation is 2. The van der Waals surface area contributed by atoms with Crippen LogP contribution in [0.3, 0.4) is 0 Å². The van der Waals surface area contributed by atoms with E-state index in [0.29, 0.717) is 36.2 Å². The predicted molar refractivity (Wildman–Crippen MR) is 107 cm³/mol. The van der Waals surface area contributed by atoms with Gasteiger partial charge in [0, 0.05) is 25.4 Å². The van der Waals surface area contributed by atoms with Crippen LogP contribution in [0.25, 0.3) is 0 Å². The Morgan fingerprint density at radius 2 is 1.79 bits per heavy atom. The maximum Gasteiger partial charge on any atom is 0.243 e. The first-order chi connectivity index (χ1) is 13.3. The molecule has 0 spiro atoms. The topological polar surface area (TPSA) is 76.3 Å². The van der Waals surface area contributed by atoms with Crippen molar-refractivity contribution in [1.82, 2.24) is 14.4 Å². The van der Waals surface area contributed by atoms with Crippen molar-refractivity contribution in [1.29, 1.82) is 0 Å². The van der Waals surface area contributed by atoms with Crippen molar-refractivity contribution in [3.63, 3.8) is 0 Å². The van der Waals surface area contributed by atoms with Crippen LogP contribution in [0.2, 0.25) is 0 Å². The lowest BCUT2D eigenvalue weighted by Crippen LogP contribution is -2.41. The van der Waals surface area contributed by atoms with Crippen LogP contribution in [0, 0.1) is 33.6 Å². The number of aromatic nitrogens is 2. The molecule has 28 heavy (non-hydrogen) atoms. The molecule has 6 nitrogen and oxygen atoms in total. The Labute approximate surface area is 167 Å². The summed E-state index contributed by atoms with van der Waals surface area (Å²) in [5, 5.41) is 4.08. The molecule has 2 aliphatic rings. The Bertz CT molecular complexity index is 966. The molecule has 7 heteroatoms. The monoisotopic (exact) mass is 403 g/mol. The maximum absolute atomic E-state index is 13.5. The van der Waals surface area contributed by atoms with Gasteiger partial charge in [-0.1, -0.05) is 11.2 Å². The first-order valence-electron chi connectivity index (χ1n) is 10.2. The molecular formula is C21H29N3O3S. The van der Waals surface area contributed by atoms with E-state index in [-0.39, 0.29) is 5.92 Å². The lowest BCUT2D eigenvalue weighted by atomic mass is 9.96. The largest absolute Gasteiger partial charge is 0.339 e. The van der Waals surface area contributed by atoms with Gasteiger partial charge in [0.25, 0.3) is 0 Å². The first kappa shape index (κ1) is 19.6. The molecule has 1 saturated heterocycles. The number of hydrogen-bond donors (Lipinski definition) is 0. The van der Waals surface area contributed by atoms with Gasteiger partial charge < -0.3 is 4.52 Å². The van der Waals surface area contributed by atoms with Gasteiger partial charge in [0.15, 0.2) is 5.82 Å². The van der Waals surface area contributed by atoms with Crippen LogP contribution < -0.4 is 0 Å². The lowest BCUT2D eigenvalue weighted by Gasteiger charge is -2.32. The molecule has 2 heterocycles. The molecule has 0 N–H and O–H groups in total. The summed E-state index contributed by atoms with van der Waals surface area (Å²) in [6.07, 6.45) is 4.77. The number of rotatable bonds is 5. The van der Waals surface area contributed by atoms with E-state index in [1.807, 2.05) is 27.7 Å². The van der Waals surface area contributed by atoms with Gasteiger partial charge in [0.2, 0.25) is 15.9 Å². The van der Waals surface area contributed by atoms with Crippen LogP contribution in [-0.2, 0) is 16.4 Å². The van der Waals surface area contributed by atoms with Crippen LogP contribution in [0.1, 0.15) is 65.6 Å². The Balaban J connectivity index is 1.55. The number of hydrogen-bond acceptors (Lipinski definition) is 5. The predicted octanol–water partition coefficient (Wildman–Crippen LogP) is 3.82. The van der Waals surface area contributed by atoms with Gasteiger partial charge in [0.05, 0.1) is 4.90 Å². The molecule has 0 bridgehead atoms. The molecule has 1 atom stereocenters. The van der Waals surface area contributed by atoms with Crippen molar-refractivity contribution in [3.8, 4) is 0 Å². The lowest BCUT2D eigenvalue weighted by molar-refractivity contribution is 0.246. The average molecular weight is 404 g/mol. The fourth-order valence-electron chi connectivity index (χ4n) is 4.21. The minimum absolute atomic E-state index is 0.211. The van der Waals surface area contributed by atoms with E-state index in [1.54, 1.807) is 4.31 Å². The van der Waals surface area contributed by atoms with Crippen molar-refractivity contribution < 1.29 is 12.9 Å². The van der Waals surface area contributed by atoms with Gasteiger partial charge in [0.1, 0.15) is 0 Å². The summed E-state index contributed by atoms with van der Waals surface area (Å²) in [6.45, 7) is 8.86. The highest BCUT2D eigenvalue weighted by Crippen LogP contribution is 2.38. The third-order valence-electron chi connectivity index (χ3n) is 6.27. The molecule has 1 aliphatic heterocycles. The quantitative estimate of drug-likeness (QED) is 0.758. The van der Waals surface area contributed by atoms with E-state index in [1.165, 1.54) is 0 Å². The molecule has 0 radical (unpaired) electrons. The second kappa shape index (κ2) is 7.26. The summed E-state index contributed by atoms with van der Waals surface area (Å²) in [5.41, 5.74) is 3.76. The van der Waals surface area contributed by atoms with Gasteiger partial charge in [-0.3, -0.25) is 0 Å². The van der Waals surface area contributed by atoms with Gasteiger partial charge in [-0.2, -0.15) is 9.29 Å². The van der Waals surface area contributed by atoms with Gasteiger partial charge in [-0.15, -0.1) is 0 Å². The number of piperidine rings is 1. The zero-order valence-corrected chi connectivity index (χ0v) is 18.0. The second-order valence-corrected chi connectivity index (χ2v) is 10.4. The van der Waals surface area contributed by atoms with E-state index in [0.717, 1.165) is 53.8 Å². The Kier molecular flexibility index (Phi) is 5.08. The van der Waals surface area contributed by atoms with Crippen LogP contribution in [0.4, 0.5) is 0 Å². The second-order valence-electron chi connectivity index (χ2n) is 8.49. The minimum atomic E-state index is -3.53. The third kappa shape index (κ3) is 3.62. The molecule has 152 valence electrons. The van der Waals surface area contributed by atoms with Gasteiger partial charge in [-0.25, -0.2) is 8.42 Å². The van der Waals surface area contributed by atoms with Crippen LogP contribution in [-0.4, -0.2) is 36.0 Å². The number of nitrogens with zero attached hydrogens (tertiary/aromatic N) is 3. The van der Waals surface area contributed by atoms with Crippen molar-refractivity contribution >= 4 is 10.0 Å². The van der Waals surface area contributed by atoms with Crippen molar-refractivity contribution in [2.75, 3.05) is 13.1 Å². The molecule has 1 saturated carbocycles. The molecular weight excluding hydrogens is 374 g/mol. The summed E-state index contributed by atoms with van der Waals surface area (Å²) in [7, 11) is -3.53. The SMILES string of the molecule is Cc1cc(C)c(C)c(S(=O)(=O)N2CCC[C@H](Cc3nc(C4CC4)no3)C2)c1C.